The van der Waals surface area contributed by atoms with Gasteiger partial charge in [0, 0.05) is 32.7 Å². The maximum absolute atomic E-state index is 5.57. The lowest BCUT2D eigenvalue weighted by Crippen LogP contribution is -2.44. The van der Waals surface area contributed by atoms with Crippen LogP contribution < -0.4 is 10.1 Å². The van der Waals surface area contributed by atoms with Gasteiger partial charge in [0.1, 0.15) is 12.4 Å². The van der Waals surface area contributed by atoms with Crippen molar-refractivity contribution in [1.82, 2.24) is 10.2 Å². The second kappa shape index (κ2) is 11.7. The topological polar surface area (TPSA) is 33.7 Å². The zero-order valence-corrected chi connectivity index (χ0v) is 12.8. The average molecular weight is 280 g/mol. The van der Waals surface area contributed by atoms with Gasteiger partial charge in [-0.05, 0) is 12.1 Å². The van der Waals surface area contributed by atoms with Gasteiger partial charge in [0.25, 0.3) is 0 Å². The van der Waals surface area contributed by atoms with Gasteiger partial charge in [-0.15, -0.1) is 0 Å². The van der Waals surface area contributed by atoms with E-state index in [1.807, 2.05) is 44.2 Å². The zero-order valence-electron chi connectivity index (χ0n) is 12.8. The largest absolute Gasteiger partial charge is 0.491 e. The third-order valence-electron chi connectivity index (χ3n) is 3.00. The molecule has 4 nitrogen and oxygen atoms in total. The Kier molecular flexibility index (Phi) is 9.92. The van der Waals surface area contributed by atoms with Gasteiger partial charge in [0.15, 0.2) is 0 Å². The molecule has 0 aliphatic carbocycles. The summed E-state index contributed by atoms with van der Waals surface area (Å²) < 4.78 is 11.1. The Morgan fingerprint density at radius 3 is 2.40 bits per heavy atom. The molecule has 0 atom stereocenters. The van der Waals surface area contributed by atoms with Gasteiger partial charge in [0.2, 0.25) is 0 Å². The first kappa shape index (κ1) is 17.0. The van der Waals surface area contributed by atoms with Crippen molar-refractivity contribution >= 4 is 0 Å². The predicted molar refractivity (Wildman–Crippen MR) is 83.4 cm³/mol. The van der Waals surface area contributed by atoms with Gasteiger partial charge < -0.3 is 14.8 Å². The molecule has 4 heteroatoms. The van der Waals surface area contributed by atoms with E-state index < -0.39 is 0 Å². The molecule has 0 bridgehead atoms. The van der Waals surface area contributed by atoms with Crippen molar-refractivity contribution in [1.29, 1.82) is 0 Å². The lowest BCUT2D eigenvalue weighted by Gasteiger charge is -2.26. The molecule has 1 aromatic carbocycles. The number of nitrogens with zero attached hydrogens (tertiary/aromatic N) is 1. The first-order chi connectivity index (χ1) is 9.95. The minimum atomic E-state index is 0.617. The van der Waals surface area contributed by atoms with Crippen LogP contribution in [-0.2, 0) is 4.74 Å². The highest BCUT2D eigenvalue weighted by Crippen LogP contribution is 2.07. The van der Waals surface area contributed by atoms with E-state index in [0.29, 0.717) is 13.2 Å². The average Bonchev–Trinajstić information content (AvgIpc) is 2.55. The molecule has 1 aliphatic rings. The van der Waals surface area contributed by atoms with E-state index in [2.05, 4.69) is 10.2 Å². The third-order valence-corrected chi connectivity index (χ3v) is 3.00. The number of hydrogen-bond acceptors (Lipinski definition) is 4. The zero-order chi connectivity index (χ0) is 14.5. The van der Waals surface area contributed by atoms with Crippen molar-refractivity contribution < 1.29 is 9.47 Å². The lowest BCUT2D eigenvalue weighted by molar-refractivity contribution is 0.0767. The molecule has 1 aliphatic heterocycles. The van der Waals surface area contributed by atoms with E-state index in [-0.39, 0.29) is 0 Å². The van der Waals surface area contributed by atoms with Crippen molar-refractivity contribution in [3.63, 3.8) is 0 Å². The maximum Gasteiger partial charge on any atom is 0.119 e. The van der Waals surface area contributed by atoms with E-state index in [9.17, 15) is 0 Å². The summed E-state index contributed by atoms with van der Waals surface area (Å²) in [6.45, 7) is 11.5. The van der Waals surface area contributed by atoms with Crippen molar-refractivity contribution in [3.05, 3.63) is 30.3 Å². The molecule has 0 spiro atoms. The summed E-state index contributed by atoms with van der Waals surface area (Å²) in [6.07, 6.45) is 0. The summed E-state index contributed by atoms with van der Waals surface area (Å²) in [6, 6.07) is 9.85. The molecule has 2 rings (SSSR count). The summed E-state index contributed by atoms with van der Waals surface area (Å²) in [4.78, 5) is 2.43. The SMILES string of the molecule is CC.c1ccc(OCCOCCN2CCNCC2)cc1. The van der Waals surface area contributed by atoms with E-state index in [1.165, 1.54) is 0 Å². The van der Waals surface area contributed by atoms with Crippen LogP contribution in [-0.4, -0.2) is 57.4 Å². The van der Waals surface area contributed by atoms with Crippen molar-refractivity contribution in [3.8, 4) is 5.75 Å². The fraction of sp³-hybridized carbons (Fsp3) is 0.625. The van der Waals surface area contributed by atoms with E-state index in [0.717, 1.165) is 45.1 Å². The Labute approximate surface area is 123 Å². The number of hydrogen-bond donors (Lipinski definition) is 1. The Bertz CT molecular complexity index is 314. The van der Waals surface area contributed by atoms with Crippen LogP contribution in [0.3, 0.4) is 0 Å². The van der Waals surface area contributed by atoms with Crippen molar-refractivity contribution in [2.75, 3.05) is 52.5 Å². The maximum atomic E-state index is 5.57. The van der Waals surface area contributed by atoms with Crippen LogP contribution in [0.2, 0.25) is 0 Å². The molecule has 0 aromatic heterocycles. The Morgan fingerprint density at radius 2 is 1.70 bits per heavy atom. The first-order valence-electron chi connectivity index (χ1n) is 7.64. The minimum absolute atomic E-state index is 0.617. The summed E-state index contributed by atoms with van der Waals surface area (Å²) in [5.41, 5.74) is 0. The molecule has 1 heterocycles. The molecular formula is C16H28N2O2. The summed E-state index contributed by atoms with van der Waals surface area (Å²) >= 11 is 0. The summed E-state index contributed by atoms with van der Waals surface area (Å²) in [7, 11) is 0. The molecule has 0 saturated carbocycles. The van der Waals surface area contributed by atoms with Crippen molar-refractivity contribution in [2.24, 2.45) is 0 Å². The van der Waals surface area contributed by atoms with Crippen molar-refractivity contribution in [2.45, 2.75) is 13.8 Å². The van der Waals surface area contributed by atoms with Crippen LogP contribution in [0, 0.1) is 0 Å². The van der Waals surface area contributed by atoms with Crippen LogP contribution in [0.15, 0.2) is 30.3 Å². The number of nitrogens with one attached hydrogen (secondary N) is 1. The van der Waals surface area contributed by atoms with Crippen LogP contribution in [0.25, 0.3) is 0 Å². The van der Waals surface area contributed by atoms with Crippen LogP contribution >= 0.6 is 0 Å². The lowest BCUT2D eigenvalue weighted by atomic mass is 10.3. The van der Waals surface area contributed by atoms with Crippen LogP contribution in [0.4, 0.5) is 0 Å². The molecule has 1 fully saturated rings. The van der Waals surface area contributed by atoms with E-state index in [1.54, 1.807) is 0 Å². The van der Waals surface area contributed by atoms with E-state index in [4.69, 9.17) is 9.47 Å². The highest BCUT2D eigenvalue weighted by Gasteiger charge is 2.08. The normalized spacial score (nSPS) is 15.3. The quantitative estimate of drug-likeness (QED) is 0.775. The fourth-order valence-electron chi connectivity index (χ4n) is 1.97. The summed E-state index contributed by atoms with van der Waals surface area (Å²) in [5.74, 6) is 0.906. The second-order valence-electron chi connectivity index (χ2n) is 4.37. The Hall–Kier alpha value is -1.10. The minimum Gasteiger partial charge on any atom is -0.491 e. The highest BCUT2D eigenvalue weighted by molar-refractivity contribution is 5.20. The van der Waals surface area contributed by atoms with Crippen LogP contribution in [0.5, 0.6) is 5.75 Å². The van der Waals surface area contributed by atoms with Gasteiger partial charge in [-0.25, -0.2) is 0 Å². The molecular weight excluding hydrogens is 252 g/mol. The Balaban J connectivity index is 0.000000956. The van der Waals surface area contributed by atoms with Crippen LogP contribution in [0.1, 0.15) is 13.8 Å². The number of para-hydroxylation sites is 1. The number of piperazine rings is 1. The molecule has 1 saturated heterocycles. The van der Waals surface area contributed by atoms with Gasteiger partial charge in [-0.3, -0.25) is 4.90 Å². The summed E-state index contributed by atoms with van der Waals surface area (Å²) in [5, 5.41) is 3.34. The van der Waals surface area contributed by atoms with E-state index >= 15 is 0 Å². The van der Waals surface area contributed by atoms with Gasteiger partial charge in [0.05, 0.1) is 13.2 Å². The highest BCUT2D eigenvalue weighted by atomic mass is 16.5. The molecule has 0 unspecified atom stereocenters. The Morgan fingerprint density at radius 1 is 1.00 bits per heavy atom. The molecule has 0 amide bonds. The first-order valence-corrected chi connectivity index (χ1v) is 7.64. The number of rotatable bonds is 7. The fourth-order valence-corrected chi connectivity index (χ4v) is 1.97. The van der Waals surface area contributed by atoms with Gasteiger partial charge in [-0.2, -0.15) is 0 Å². The predicted octanol–water partition coefficient (Wildman–Crippen LogP) is 2.01. The molecule has 1 N–H and O–H groups in total. The standard InChI is InChI=1S/C14H22N2O2.C2H6/c1-2-4-14(5-3-1)18-13-12-17-11-10-16-8-6-15-7-9-16;1-2/h1-5,15H,6-13H2;1-2H3. The third kappa shape index (κ3) is 7.48. The smallest absolute Gasteiger partial charge is 0.119 e. The second-order valence-corrected chi connectivity index (χ2v) is 4.37. The number of ether oxygens (including phenoxy) is 2. The molecule has 0 radical (unpaired) electrons. The van der Waals surface area contributed by atoms with Gasteiger partial charge >= 0.3 is 0 Å². The monoisotopic (exact) mass is 280 g/mol. The number of benzene rings is 1. The molecule has 1 aromatic rings. The van der Waals surface area contributed by atoms with Gasteiger partial charge in [-0.1, -0.05) is 32.0 Å². The molecule has 20 heavy (non-hydrogen) atoms. The molecule has 114 valence electrons.